The molecular weight excluding hydrogens is 503 g/mol. The highest BCUT2D eigenvalue weighted by atomic mass is 35.5. The fraction of sp³-hybridized carbons (Fsp3) is 0.231. The fourth-order valence-electron chi connectivity index (χ4n) is 4.10. The Kier molecular flexibility index (Phi) is 7.31. The molecule has 36 heavy (non-hydrogen) atoms. The lowest BCUT2D eigenvalue weighted by Crippen LogP contribution is -2.13. The van der Waals surface area contributed by atoms with Crippen LogP contribution in [0.4, 0.5) is 27.6 Å². The van der Waals surface area contributed by atoms with Gasteiger partial charge in [0.25, 0.3) is 0 Å². The van der Waals surface area contributed by atoms with E-state index in [-0.39, 0.29) is 28.8 Å². The van der Waals surface area contributed by atoms with E-state index >= 15 is 0 Å². The Balaban J connectivity index is 2.13. The number of hydrogen-bond acceptors (Lipinski definition) is 3. The number of halogens is 6. The molecule has 1 aromatic heterocycles. The van der Waals surface area contributed by atoms with Crippen LogP contribution in [0.5, 0.6) is 5.75 Å². The highest BCUT2D eigenvalue weighted by Crippen LogP contribution is 2.45. The van der Waals surface area contributed by atoms with E-state index in [1.807, 2.05) is 6.92 Å². The maximum absolute atomic E-state index is 15.0. The third-order valence-electron chi connectivity index (χ3n) is 5.82. The van der Waals surface area contributed by atoms with Crippen LogP contribution in [-0.2, 0) is 4.79 Å². The number of nitrogens with zero attached hydrogens (tertiary/aromatic N) is 1. The van der Waals surface area contributed by atoms with Crippen LogP contribution in [0.25, 0.3) is 32.9 Å². The van der Waals surface area contributed by atoms with E-state index in [0.717, 1.165) is 12.8 Å². The summed E-state index contributed by atoms with van der Waals surface area (Å²) in [5, 5.41) is 3.42. The summed E-state index contributed by atoms with van der Waals surface area (Å²) < 4.78 is 77.5. The molecule has 0 saturated carbocycles. The van der Waals surface area contributed by atoms with E-state index in [1.165, 1.54) is 31.4 Å². The second-order valence-electron chi connectivity index (χ2n) is 8.14. The molecule has 0 saturated heterocycles. The smallest absolute Gasteiger partial charge is 0.224 e. The topological polar surface area (TPSA) is 51.2 Å². The molecule has 0 aliphatic heterocycles. The number of unbranched alkanes of at least 4 members (excludes halogenated alkanes) is 2. The summed E-state index contributed by atoms with van der Waals surface area (Å²) in [6.45, 7) is 1.98. The van der Waals surface area contributed by atoms with E-state index in [9.17, 15) is 26.7 Å². The van der Waals surface area contributed by atoms with Crippen molar-refractivity contribution in [3.63, 3.8) is 0 Å². The largest absolute Gasteiger partial charge is 0.496 e. The summed E-state index contributed by atoms with van der Waals surface area (Å²) in [4.78, 5) is 17.3. The Bertz CT molecular complexity index is 1480. The van der Waals surface area contributed by atoms with Crippen LogP contribution in [-0.4, -0.2) is 18.0 Å². The van der Waals surface area contributed by atoms with Crippen molar-refractivity contribution in [2.45, 2.75) is 32.6 Å². The molecule has 4 nitrogen and oxygen atoms in total. The zero-order valence-electron chi connectivity index (χ0n) is 19.2. The monoisotopic (exact) mass is 522 g/mol. The molecule has 4 aromatic rings. The third-order valence-corrected chi connectivity index (χ3v) is 6.05. The van der Waals surface area contributed by atoms with Gasteiger partial charge in [0.15, 0.2) is 23.3 Å². The fourth-order valence-corrected chi connectivity index (χ4v) is 4.27. The minimum atomic E-state index is -2.28. The molecule has 0 spiro atoms. The van der Waals surface area contributed by atoms with Gasteiger partial charge in [0, 0.05) is 27.8 Å². The van der Waals surface area contributed by atoms with Gasteiger partial charge in [0.1, 0.15) is 5.75 Å². The van der Waals surface area contributed by atoms with Crippen molar-refractivity contribution in [2.75, 3.05) is 12.4 Å². The average Bonchev–Trinajstić information content (AvgIpc) is 2.86. The molecular formula is C26H20ClF5N2O2. The molecule has 4 rings (SSSR count). The number of hydrogen-bond donors (Lipinski definition) is 1. The molecule has 1 N–H and O–H groups in total. The van der Waals surface area contributed by atoms with Gasteiger partial charge in [-0.1, -0.05) is 31.4 Å². The summed E-state index contributed by atoms with van der Waals surface area (Å²) >= 11 is 6.11. The van der Waals surface area contributed by atoms with E-state index < -0.39 is 46.1 Å². The van der Waals surface area contributed by atoms with Gasteiger partial charge < -0.3 is 10.1 Å². The number of amides is 1. The number of anilines is 1. The molecule has 10 heteroatoms. The highest BCUT2D eigenvalue weighted by Gasteiger charge is 2.31. The maximum Gasteiger partial charge on any atom is 0.224 e. The number of methoxy groups -OCH3 is 1. The number of pyridine rings is 1. The number of benzene rings is 3. The summed E-state index contributed by atoms with van der Waals surface area (Å²) in [5.74, 6) is -11.1. The number of rotatable bonds is 7. The summed E-state index contributed by atoms with van der Waals surface area (Å²) in [7, 11) is 1.19. The van der Waals surface area contributed by atoms with E-state index in [4.69, 9.17) is 16.3 Å². The third kappa shape index (κ3) is 4.43. The molecule has 0 aliphatic rings. The second kappa shape index (κ2) is 10.3. The Labute approximate surface area is 208 Å². The number of aromatic nitrogens is 1. The van der Waals surface area contributed by atoms with Crippen LogP contribution < -0.4 is 10.1 Å². The Morgan fingerprint density at radius 2 is 1.58 bits per heavy atom. The zero-order chi connectivity index (χ0) is 26.1. The molecule has 188 valence electrons. The van der Waals surface area contributed by atoms with Crippen molar-refractivity contribution in [3.05, 3.63) is 64.4 Å². The molecule has 1 amide bonds. The van der Waals surface area contributed by atoms with Crippen LogP contribution in [0.1, 0.15) is 32.6 Å². The molecule has 0 aliphatic carbocycles. The van der Waals surface area contributed by atoms with Gasteiger partial charge in [-0.05, 0) is 36.8 Å². The lowest BCUT2D eigenvalue weighted by molar-refractivity contribution is -0.116. The first kappa shape index (κ1) is 25.6. The van der Waals surface area contributed by atoms with Crippen LogP contribution in [0, 0.1) is 29.1 Å². The first-order valence-electron chi connectivity index (χ1n) is 11.1. The first-order chi connectivity index (χ1) is 17.2. The quantitative estimate of drug-likeness (QED) is 0.0881. The molecule has 0 unspecified atom stereocenters. The molecule has 0 radical (unpaired) electrons. The number of carbonyl (C=O) groups excluding carboxylic acids is 1. The van der Waals surface area contributed by atoms with Crippen molar-refractivity contribution in [1.82, 2.24) is 4.98 Å². The van der Waals surface area contributed by atoms with E-state index in [2.05, 4.69) is 10.3 Å². The zero-order valence-corrected chi connectivity index (χ0v) is 20.0. The standard InChI is InChI=1S/C26H20ClF5N2O2/c1-3-4-5-6-17(35)34-26-13-8-7-12(27)11-15(13)33-14-9-10-16(36-2)19(18(14)26)20-21(28)23(30)25(32)24(31)22(20)29/h7-11H,3-6H2,1-2H3,(H,33,34,35). The van der Waals surface area contributed by atoms with Gasteiger partial charge >= 0.3 is 0 Å². The minimum absolute atomic E-state index is 0.0452. The Morgan fingerprint density at radius 3 is 2.22 bits per heavy atom. The number of carbonyl (C=O) groups is 1. The highest BCUT2D eigenvalue weighted by molar-refractivity contribution is 6.31. The lowest BCUT2D eigenvalue weighted by Gasteiger charge is -2.19. The number of fused-ring (bicyclic) bond motifs is 2. The van der Waals surface area contributed by atoms with Gasteiger partial charge in [-0.15, -0.1) is 0 Å². The van der Waals surface area contributed by atoms with Gasteiger partial charge in [-0.2, -0.15) is 0 Å². The maximum atomic E-state index is 15.0. The second-order valence-corrected chi connectivity index (χ2v) is 8.57. The minimum Gasteiger partial charge on any atom is -0.496 e. The van der Waals surface area contributed by atoms with E-state index in [1.54, 1.807) is 6.07 Å². The Hall–Kier alpha value is -3.46. The molecule has 0 bridgehead atoms. The molecule has 3 aromatic carbocycles. The van der Waals surface area contributed by atoms with Gasteiger partial charge in [-0.3, -0.25) is 4.79 Å². The van der Waals surface area contributed by atoms with Gasteiger partial charge in [0.05, 0.1) is 29.4 Å². The van der Waals surface area contributed by atoms with Crippen molar-refractivity contribution >= 4 is 45.0 Å². The molecule has 0 fully saturated rings. The van der Waals surface area contributed by atoms with Crippen LogP contribution in [0.15, 0.2) is 30.3 Å². The van der Waals surface area contributed by atoms with Crippen molar-refractivity contribution in [1.29, 1.82) is 0 Å². The van der Waals surface area contributed by atoms with Crippen LogP contribution in [0.3, 0.4) is 0 Å². The van der Waals surface area contributed by atoms with Crippen LogP contribution >= 0.6 is 11.6 Å². The number of nitrogens with one attached hydrogen (secondary N) is 1. The average molecular weight is 523 g/mol. The van der Waals surface area contributed by atoms with Gasteiger partial charge in [-0.25, -0.2) is 26.9 Å². The first-order valence-corrected chi connectivity index (χ1v) is 11.5. The van der Waals surface area contributed by atoms with Crippen LogP contribution in [0.2, 0.25) is 5.02 Å². The summed E-state index contributed by atoms with van der Waals surface area (Å²) in [5.41, 5.74) is -1.06. The van der Waals surface area contributed by atoms with Crippen molar-refractivity contribution < 1.29 is 31.5 Å². The SMILES string of the molecule is CCCCCC(=O)Nc1c2ccc(Cl)cc2nc2ccc(OC)c(-c3c(F)c(F)c(F)c(F)c3F)c12. The normalized spacial score (nSPS) is 11.3. The lowest BCUT2D eigenvalue weighted by atomic mass is 9.95. The van der Waals surface area contributed by atoms with E-state index in [0.29, 0.717) is 22.3 Å². The Morgan fingerprint density at radius 1 is 0.917 bits per heavy atom. The molecule has 0 atom stereocenters. The predicted molar refractivity (Wildman–Crippen MR) is 129 cm³/mol. The van der Waals surface area contributed by atoms with Crippen molar-refractivity contribution in [3.8, 4) is 16.9 Å². The summed E-state index contributed by atoms with van der Waals surface area (Å²) in [6.07, 6.45) is 2.45. The number of ether oxygens (including phenoxy) is 1. The summed E-state index contributed by atoms with van der Waals surface area (Å²) in [6, 6.07) is 7.37. The van der Waals surface area contributed by atoms with Crippen molar-refractivity contribution in [2.24, 2.45) is 0 Å². The van der Waals surface area contributed by atoms with Gasteiger partial charge in [0.2, 0.25) is 11.7 Å². The predicted octanol–water partition coefficient (Wildman–Crippen LogP) is 7.93. The molecule has 1 heterocycles.